The molecule has 4 heteroatoms. The Kier molecular flexibility index (Phi) is 4.86. The van der Waals surface area contributed by atoms with E-state index in [0.29, 0.717) is 18.9 Å². The zero-order valence-electron chi connectivity index (χ0n) is 12.7. The number of thiophene rings is 1. The number of fused-ring (bicyclic) bond motifs is 1. The van der Waals surface area contributed by atoms with Crippen LogP contribution in [0.1, 0.15) is 60.1 Å². The third-order valence-corrected chi connectivity index (χ3v) is 4.93. The van der Waals surface area contributed by atoms with E-state index in [2.05, 4.69) is 19.2 Å². The summed E-state index contributed by atoms with van der Waals surface area (Å²) in [6.45, 7) is 6.24. The summed E-state index contributed by atoms with van der Waals surface area (Å²) in [6.07, 6.45) is 5.36. The Hall–Kier alpha value is -0.870. The average Bonchev–Trinajstić information content (AvgIpc) is 2.78. The summed E-state index contributed by atoms with van der Waals surface area (Å²) in [5.74, 6) is 0.365. The highest BCUT2D eigenvalue weighted by Crippen LogP contribution is 2.29. The quantitative estimate of drug-likeness (QED) is 0.876. The predicted octanol–water partition coefficient (Wildman–Crippen LogP) is 3.15. The van der Waals surface area contributed by atoms with E-state index in [1.165, 1.54) is 23.3 Å². The second-order valence-electron chi connectivity index (χ2n) is 6.54. The molecule has 0 spiro atoms. The maximum absolute atomic E-state index is 12.2. The van der Waals surface area contributed by atoms with Crippen LogP contribution in [-0.4, -0.2) is 23.2 Å². The zero-order valence-corrected chi connectivity index (χ0v) is 13.5. The summed E-state index contributed by atoms with van der Waals surface area (Å²) >= 11 is 1.61. The molecule has 1 heterocycles. The van der Waals surface area contributed by atoms with Crippen LogP contribution in [0.4, 0.5) is 0 Å². The topological polar surface area (TPSA) is 49.3 Å². The van der Waals surface area contributed by atoms with Gasteiger partial charge in [0.15, 0.2) is 0 Å². The molecule has 0 saturated heterocycles. The van der Waals surface area contributed by atoms with E-state index in [1.807, 2.05) is 6.07 Å². The number of nitrogens with one attached hydrogen (secondary N) is 1. The molecule has 20 heavy (non-hydrogen) atoms. The van der Waals surface area contributed by atoms with Gasteiger partial charge in [-0.25, -0.2) is 0 Å². The standard InChI is InChI=1S/C16H25NO2S/c1-11(2)9-16(3,19)10-17-15(18)14-8-12-6-4-5-7-13(12)20-14/h8,11,19H,4-7,9-10H2,1-3H3,(H,17,18). The van der Waals surface area contributed by atoms with Crippen LogP contribution >= 0.6 is 11.3 Å². The van der Waals surface area contributed by atoms with Crippen molar-refractivity contribution in [2.75, 3.05) is 6.54 Å². The molecule has 112 valence electrons. The fourth-order valence-electron chi connectivity index (χ4n) is 2.91. The number of hydrogen-bond acceptors (Lipinski definition) is 3. The average molecular weight is 295 g/mol. The molecule has 3 nitrogen and oxygen atoms in total. The Morgan fingerprint density at radius 3 is 2.80 bits per heavy atom. The minimum atomic E-state index is -0.833. The van der Waals surface area contributed by atoms with E-state index in [9.17, 15) is 9.90 Å². The number of rotatable bonds is 5. The minimum absolute atomic E-state index is 0.0477. The highest BCUT2D eigenvalue weighted by Gasteiger charge is 2.24. The first-order valence-corrected chi connectivity index (χ1v) is 8.31. The van der Waals surface area contributed by atoms with Gasteiger partial charge in [-0.3, -0.25) is 4.79 Å². The lowest BCUT2D eigenvalue weighted by Gasteiger charge is -2.25. The van der Waals surface area contributed by atoms with Crippen molar-refractivity contribution >= 4 is 17.2 Å². The van der Waals surface area contributed by atoms with Crippen molar-refractivity contribution in [2.24, 2.45) is 5.92 Å². The number of aliphatic hydroxyl groups is 1. The number of hydrogen-bond donors (Lipinski definition) is 2. The van der Waals surface area contributed by atoms with Gasteiger partial charge in [-0.15, -0.1) is 11.3 Å². The predicted molar refractivity (Wildman–Crippen MR) is 83.4 cm³/mol. The van der Waals surface area contributed by atoms with Crippen molar-refractivity contribution in [1.29, 1.82) is 0 Å². The first-order valence-electron chi connectivity index (χ1n) is 7.49. The molecule has 1 aromatic heterocycles. The molecule has 1 unspecified atom stereocenters. The Balaban J connectivity index is 1.93. The van der Waals surface area contributed by atoms with E-state index in [-0.39, 0.29) is 5.91 Å². The molecule has 0 radical (unpaired) electrons. The summed E-state index contributed by atoms with van der Waals surface area (Å²) in [6, 6.07) is 2.03. The van der Waals surface area contributed by atoms with Crippen LogP contribution in [0, 0.1) is 5.92 Å². The van der Waals surface area contributed by atoms with E-state index in [1.54, 1.807) is 18.3 Å². The number of carbonyl (C=O) groups excluding carboxylic acids is 1. The Morgan fingerprint density at radius 2 is 2.15 bits per heavy atom. The molecule has 1 aliphatic carbocycles. The van der Waals surface area contributed by atoms with Crippen LogP contribution in [0.15, 0.2) is 6.07 Å². The van der Waals surface area contributed by atoms with Gasteiger partial charge in [-0.1, -0.05) is 13.8 Å². The summed E-state index contributed by atoms with van der Waals surface area (Å²) in [7, 11) is 0. The SMILES string of the molecule is CC(C)CC(C)(O)CNC(=O)c1cc2c(s1)CCCC2. The van der Waals surface area contributed by atoms with Gasteiger partial charge in [0.2, 0.25) is 0 Å². The Labute approximate surface area is 125 Å². The third kappa shape index (κ3) is 4.06. The lowest BCUT2D eigenvalue weighted by molar-refractivity contribution is 0.0369. The van der Waals surface area contributed by atoms with E-state index >= 15 is 0 Å². The van der Waals surface area contributed by atoms with Gasteiger partial charge in [0.25, 0.3) is 5.91 Å². The largest absolute Gasteiger partial charge is 0.388 e. The first-order chi connectivity index (χ1) is 9.37. The van der Waals surface area contributed by atoms with Gasteiger partial charge in [0, 0.05) is 11.4 Å². The maximum Gasteiger partial charge on any atom is 0.261 e. The highest BCUT2D eigenvalue weighted by atomic mass is 32.1. The lowest BCUT2D eigenvalue weighted by atomic mass is 9.94. The molecule has 0 bridgehead atoms. The van der Waals surface area contributed by atoms with Gasteiger partial charge in [0.1, 0.15) is 0 Å². The van der Waals surface area contributed by atoms with Crippen molar-refractivity contribution in [2.45, 2.75) is 58.5 Å². The van der Waals surface area contributed by atoms with Crippen molar-refractivity contribution in [1.82, 2.24) is 5.32 Å². The molecular weight excluding hydrogens is 270 g/mol. The normalized spacial score (nSPS) is 17.6. The third-order valence-electron chi connectivity index (χ3n) is 3.70. The fraction of sp³-hybridized carbons (Fsp3) is 0.688. The second-order valence-corrected chi connectivity index (χ2v) is 7.68. The van der Waals surface area contributed by atoms with Gasteiger partial charge < -0.3 is 10.4 Å². The lowest BCUT2D eigenvalue weighted by Crippen LogP contribution is -2.41. The number of carbonyl (C=O) groups is 1. The summed E-state index contributed by atoms with van der Waals surface area (Å²) in [5.41, 5.74) is 0.515. The van der Waals surface area contributed by atoms with Crippen molar-refractivity contribution in [3.05, 3.63) is 21.4 Å². The van der Waals surface area contributed by atoms with Crippen LogP contribution in [0.25, 0.3) is 0 Å². The maximum atomic E-state index is 12.2. The van der Waals surface area contributed by atoms with E-state index < -0.39 is 5.60 Å². The number of amides is 1. The molecule has 2 N–H and O–H groups in total. The summed E-state index contributed by atoms with van der Waals surface area (Å²) < 4.78 is 0. The number of aryl methyl sites for hydroxylation is 2. The molecule has 1 atom stereocenters. The van der Waals surface area contributed by atoms with Gasteiger partial charge in [-0.05, 0) is 56.6 Å². The zero-order chi connectivity index (χ0) is 14.8. The fourth-order valence-corrected chi connectivity index (χ4v) is 4.08. The molecule has 2 rings (SSSR count). The van der Waals surface area contributed by atoms with Crippen LogP contribution in [0.5, 0.6) is 0 Å². The molecule has 1 aliphatic rings. The van der Waals surface area contributed by atoms with Crippen LogP contribution in [-0.2, 0) is 12.8 Å². The Morgan fingerprint density at radius 1 is 1.45 bits per heavy atom. The first kappa shape index (κ1) is 15.5. The summed E-state index contributed by atoms with van der Waals surface area (Å²) in [5, 5.41) is 13.1. The molecule has 1 amide bonds. The van der Waals surface area contributed by atoms with Gasteiger partial charge in [0.05, 0.1) is 10.5 Å². The van der Waals surface area contributed by atoms with Crippen molar-refractivity contribution in [3.63, 3.8) is 0 Å². The van der Waals surface area contributed by atoms with Crippen LogP contribution in [0.2, 0.25) is 0 Å². The second kappa shape index (κ2) is 6.27. The molecule has 0 aliphatic heterocycles. The van der Waals surface area contributed by atoms with E-state index in [0.717, 1.165) is 17.7 Å². The van der Waals surface area contributed by atoms with E-state index in [4.69, 9.17) is 0 Å². The molecule has 0 aromatic carbocycles. The minimum Gasteiger partial charge on any atom is -0.388 e. The molecule has 0 saturated carbocycles. The highest BCUT2D eigenvalue weighted by molar-refractivity contribution is 7.14. The van der Waals surface area contributed by atoms with Gasteiger partial charge in [-0.2, -0.15) is 0 Å². The van der Waals surface area contributed by atoms with Crippen LogP contribution in [0.3, 0.4) is 0 Å². The van der Waals surface area contributed by atoms with Crippen molar-refractivity contribution < 1.29 is 9.90 Å². The Bertz CT molecular complexity index is 453. The smallest absolute Gasteiger partial charge is 0.261 e. The monoisotopic (exact) mass is 295 g/mol. The van der Waals surface area contributed by atoms with Crippen LogP contribution < -0.4 is 5.32 Å². The van der Waals surface area contributed by atoms with Crippen molar-refractivity contribution in [3.8, 4) is 0 Å². The van der Waals surface area contributed by atoms with Gasteiger partial charge >= 0.3 is 0 Å². The summed E-state index contributed by atoms with van der Waals surface area (Å²) in [4.78, 5) is 14.3. The molecular formula is C16H25NO2S. The molecule has 0 fully saturated rings. The molecule has 1 aromatic rings.